The molecule has 3 aromatic carbocycles. The van der Waals surface area contributed by atoms with Gasteiger partial charge in [0.2, 0.25) is 11.8 Å². The third-order valence-electron chi connectivity index (χ3n) is 11.0. The van der Waals surface area contributed by atoms with E-state index < -0.39 is 16.6 Å². The zero-order chi connectivity index (χ0) is 37.3. The van der Waals surface area contributed by atoms with Crippen molar-refractivity contribution in [2.75, 3.05) is 11.9 Å². The van der Waals surface area contributed by atoms with Gasteiger partial charge in [-0.1, -0.05) is 114 Å². The molecule has 0 spiro atoms. The smallest absolute Gasteiger partial charge is 0.247 e. The van der Waals surface area contributed by atoms with E-state index in [-0.39, 0.29) is 28.5 Å². The standard InChI is InChI=1S/C41H55N5O4Si2/c1-40(2,3)51(7,8)48-27-34-33(50-52(9,10)41(4,5)6)25-35(49-34)46-28-42-36-37(46)44-39(45-38(36)47-26-29-17-13-11-14-18-29)43-32-23-21-31(22-24-32)30-19-15-12-16-20-30/h11-24,28,33-35H,25-27H2,1-10H3,(H,43,44,45). The Balaban J connectivity index is 1.32. The van der Waals surface area contributed by atoms with Crippen molar-refractivity contribution in [2.24, 2.45) is 0 Å². The Morgan fingerprint density at radius 3 is 2.04 bits per heavy atom. The highest BCUT2D eigenvalue weighted by Gasteiger charge is 2.47. The van der Waals surface area contributed by atoms with Crippen molar-refractivity contribution < 1.29 is 18.3 Å². The summed E-state index contributed by atoms with van der Waals surface area (Å²) in [5, 5.41) is 3.55. The van der Waals surface area contributed by atoms with Gasteiger partial charge < -0.3 is 23.6 Å². The molecule has 1 N–H and O–H groups in total. The van der Waals surface area contributed by atoms with Crippen LogP contribution in [-0.2, 0) is 20.2 Å². The second-order valence-electron chi connectivity index (χ2n) is 16.9. The van der Waals surface area contributed by atoms with Crippen LogP contribution in [0.4, 0.5) is 11.6 Å². The summed E-state index contributed by atoms with van der Waals surface area (Å²) in [6.45, 7) is 23.6. The van der Waals surface area contributed by atoms with E-state index in [1.165, 1.54) is 0 Å². The normalized spacial score (nSPS) is 18.5. The molecule has 276 valence electrons. The molecule has 3 heterocycles. The predicted octanol–water partition coefficient (Wildman–Crippen LogP) is 10.5. The molecule has 1 saturated heterocycles. The van der Waals surface area contributed by atoms with Crippen molar-refractivity contribution in [1.29, 1.82) is 0 Å². The van der Waals surface area contributed by atoms with E-state index in [1.807, 2.05) is 65.2 Å². The Morgan fingerprint density at radius 2 is 1.40 bits per heavy atom. The quantitative estimate of drug-likeness (QED) is 0.127. The van der Waals surface area contributed by atoms with Crippen molar-refractivity contribution in [1.82, 2.24) is 19.5 Å². The third kappa shape index (κ3) is 8.50. The van der Waals surface area contributed by atoms with E-state index in [2.05, 4.69) is 97.3 Å². The Bertz CT molecular complexity index is 1940. The molecule has 52 heavy (non-hydrogen) atoms. The molecule has 11 heteroatoms. The number of rotatable bonds is 12. The Kier molecular flexibility index (Phi) is 10.8. The average molecular weight is 738 g/mol. The SMILES string of the molecule is CC(C)(C)[Si](C)(C)OCC1OC(n2cnc3c(OCc4ccccc4)nc(Nc4ccc(-c5ccccc5)cc4)nc32)CC1O[Si](C)(C)C(C)(C)C. The molecule has 6 rings (SSSR count). The number of nitrogens with one attached hydrogen (secondary N) is 1. The minimum absolute atomic E-state index is 0.0513. The molecule has 0 radical (unpaired) electrons. The van der Waals surface area contributed by atoms with Crippen LogP contribution in [0.3, 0.4) is 0 Å². The van der Waals surface area contributed by atoms with Gasteiger partial charge in [-0.15, -0.1) is 0 Å². The second-order valence-corrected chi connectivity index (χ2v) is 26.4. The van der Waals surface area contributed by atoms with Gasteiger partial charge in [-0.2, -0.15) is 9.97 Å². The number of aromatic nitrogens is 4. The lowest BCUT2D eigenvalue weighted by Crippen LogP contribution is -2.48. The molecule has 9 nitrogen and oxygen atoms in total. The molecule has 5 aromatic rings. The Labute approximate surface area is 311 Å². The molecule has 2 aromatic heterocycles. The molecule has 0 bridgehead atoms. The number of anilines is 2. The molecule has 0 amide bonds. The van der Waals surface area contributed by atoms with Gasteiger partial charge in [-0.05, 0) is 65.1 Å². The van der Waals surface area contributed by atoms with Crippen LogP contribution in [0.1, 0.15) is 59.8 Å². The molecule has 0 aliphatic carbocycles. The van der Waals surface area contributed by atoms with Crippen LogP contribution in [0.25, 0.3) is 22.3 Å². The van der Waals surface area contributed by atoms with Crippen molar-refractivity contribution in [3.05, 3.63) is 96.8 Å². The van der Waals surface area contributed by atoms with Crippen molar-refractivity contribution in [2.45, 2.75) is 109 Å². The zero-order valence-electron chi connectivity index (χ0n) is 32.4. The fourth-order valence-corrected chi connectivity index (χ4v) is 8.07. The van der Waals surface area contributed by atoms with Crippen LogP contribution in [0, 0.1) is 0 Å². The minimum atomic E-state index is -2.13. The summed E-state index contributed by atoms with van der Waals surface area (Å²) < 4.78 is 29.0. The van der Waals surface area contributed by atoms with Crippen LogP contribution >= 0.6 is 0 Å². The van der Waals surface area contributed by atoms with E-state index in [1.54, 1.807) is 6.33 Å². The zero-order valence-corrected chi connectivity index (χ0v) is 34.4. The van der Waals surface area contributed by atoms with Crippen LogP contribution in [-0.4, -0.2) is 55.0 Å². The predicted molar refractivity (Wildman–Crippen MR) is 215 cm³/mol. The lowest BCUT2D eigenvalue weighted by atomic mass is 10.1. The van der Waals surface area contributed by atoms with Gasteiger partial charge in [-0.3, -0.25) is 4.57 Å². The number of hydrogen-bond acceptors (Lipinski definition) is 8. The summed E-state index contributed by atoms with van der Waals surface area (Å²) in [7, 11) is -4.16. The molecule has 1 aliphatic rings. The first-order valence-corrected chi connectivity index (χ1v) is 24.1. The fraction of sp³-hybridized carbons (Fsp3) is 0.439. The summed E-state index contributed by atoms with van der Waals surface area (Å²) in [6.07, 6.45) is 1.71. The van der Waals surface area contributed by atoms with Gasteiger partial charge in [0.25, 0.3) is 0 Å². The van der Waals surface area contributed by atoms with E-state index in [0.29, 0.717) is 42.6 Å². The maximum Gasteiger partial charge on any atom is 0.247 e. The van der Waals surface area contributed by atoms with Crippen LogP contribution in [0.15, 0.2) is 91.3 Å². The van der Waals surface area contributed by atoms with Crippen LogP contribution in [0.2, 0.25) is 36.3 Å². The highest BCUT2D eigenvalue weighted by Crippen LogP contribution is 2.43. The van der Waals surface area contributed by atoms with Gasteiger partial charge in [0.15, 0.2) is 27.8 Å². The number of nitrogens with zero attached hydrogens (tertiary/aromatic N) is 4. The Morgan fingerprint density at radius 1 is 0.788 bits per heavy atom. The summed E-state index contributed by atoms with van der Waals surface area (Å²) in [5.41, 5.74) is 5.40. The average Bonchev–Trinajstić information content (AvgIpc) is 3.70. The van der Waals surface area contributed by atoms with Crippen molar-refractivity contribution in [3.8, 4) is 17.0 Å². The summed E-state index contributed by atoms with van der Waals surface area (Å²) in [5.74, 6) is 0.815. The number of ether oxygens (including phenoxy) is 2. The van der Waals surface area contributed by atoms with Gasteiger partial charge in [0, 0.05) is 12.1 Å². The molecule has 0 saturated carbocycles. The number of fused-ring (bicyclic) bond motifs is 1. The van der Waals surface area contributed by atoms with E-state index in [4.69, 9.17) is 33.3 Å². The minimum Gasteiger partial charge on any atom is -0.471 e. The first-order valence-electron chi connectivity index (χ1n) is 18.3. The molecular formula is C41H55N5O4Si2. The van der Waals surface area contributed by atoms with Gasteiger partial charge in [0.05, 0.1) is 19.0 Å². The summed E-state index contributed by atoms with van der Waals surface area (Å²) in [4.78, 5) is 14.6. The monoisotopic (exact) mass is 737 g/mol. The second kappa shape index (κ2) is 14.9. The number of imidazole rings is 1. The van der Waals surface area contributed by atoms with Crippen molar-refractivity contribution >= 4 is 39.4 Å². The summed E-state index contributed by atoms with van der Waals surface area (Å²) >= 11 is 0. The Hall–Kier alpha value is -3.88. The maximum absolute atomic E-state index is 7.07. The van der Waals surface area contributed by atoms with E-state index in [9.17, 15) is 0 Å². The fourth-order valence-electron chi connectivity index (χ4n) is 5.70. The first kappa shape index (κ1) is 37.9. The largest absolute Gasteiger partial charge is 0.471 e. The first-order chi connectivity index (χ1) is 24.5. The molecule has 3 atom stereocenters. The highest BCUT2D eigenvalue weighted by molar-refractivity contribution is 6.74. The lowest BCUT2D eigenvalue weighted by Gasteiger charge is -2.40. The third-order valence-corrected chi connectivity index (χ3v) is 20.0. The topological polar surface area (TPSA) is 92.6 Å². The molecule has 1 aliphatic heterocycles. The highest BCUT2D eigenvalue weighted by atomic mass is 28.4. The maximum atomic E-state index is 7.07. The molecular weight excluding hydrogens is 683 g/mol. The molecule has 1 fully saturated rings. The lowest BCUT2D eigenvalue weighted by molar-refractivity contribution is -0.0383. The van der Waals surface area contributed by atoms with Gasteiger partial charge >= 0.3 is 0 Å². The van der Waals surface area contributed by atoms with Crippen molar-refractivity contribution in [3.63, 3.8) is 0 Å². The van der Waals surface area contributed by atoms with Crippen LogP contribution in [0.5, 0.6) is 5.88 Å². The number of benzene rings is 3. The van der Waals surface area contributed by atoms with E-state index in [0.717, 1.165) is 22.4 Å². The summed E-state index contributed by atoms with van der Waals surface area (Å²) in [6, 6.07) is 28.6. The van der Waals surface area contributed by atoms with E-state index >= 15 is 0 Å². The molecule has 3 unspecified atom stereocenters. The van der Waals surface area contributed by atoms with Gasteiger partial charge in [-0.25, -0.2) is 4.98 Å². The number of hydrogen-bond donors (Lipinski definition) is 1. The van der Waals surface area contributed by atoms with Crippen LogP contribution < -0.4 is 10.1 Å². The van der Waals surface area contributed by atoms with Gasteiger partial charge in [0.1, 0.15) is 18.9 Å².